The number of fused-ring (bicyclic) bond motifs is 1. The van der Waals surface area contributed by atoms with Gasteiger partial charge in [-0.2, -0.15) is 0 Å². The van der Waals surface area contributed by atoms with Gasteiger partial charge in [0.15, 0.2) is 0 Å². The van der Waals surface area contributed by atoms with Crippen LogP contribution in [0.5, 0.6) is 5.75 Å². The second-order valence-corrected chi connectivity index (χ2v) is 6.98. The van der Waals surface area contributed by atoms with Gasteiger partial charge in [-0.05, 0) is 30.3 Å². The first-order valence-electron chi connectivity index (χ1n) is 8.72. The molecule has 134 valence electrons. The Bertz CT molecular complexity index is 1030. The minimum atomic E-state index is -0.124. The van der Waals surface area contributed by atoms with E-state index in [2.05, 4.69) is 10.3 Å². The minimum Gasteiger partial charge on any atom is -0.492 e. The monoisotopic (exact) mass is 374 g/mol. The van der Waals surface area contributed by atoms with Crippen molar-refractivity contribution in [1.29, 1.82) is 0 Å². The quantitative estimate of drug-likeness (QED) is 0.495. The number of hydrogen-bond donors (Lipinski definition) is 1. The third-order valence-electron chi connectivity index (χ3n) is 4.10. The number of carbonyl (C=O) groups excluding carboxylic acids is 1. The van der Waals surface area contributed by atoms with Gasteiger partial charge >= 0.3 is 0 Å². The smallest absolute Gasteiger partial charge is 0.252 e. The molecule has 4 rings (SSSR count). The van der Waals surface area contributed by atoms with Crippen molar-refractivity contribution in [3.63, 3.8) is 0 Å². The molecule has 3 aromatic carbocycles. The van der Waals surface area contributed by atoms with E-state index in [-0.39, 0.29) is 5.91 Å². The Balaban J connectivity index is 1.46. The Morgan fingerprint density at radius 3 is 2.52 bits per heavy atom. The van der Waals surface area contributed by atoms with Gasteiger partial charge in [-0.25, -0.2) is 4.98 Å². The Hall–Kier alpha value is -3.18. The number of ether oxygens (including phenoxy) is 1. The van der Waals surface area contributed by atoms with Crippen LogP contribution in [0, 0.1) is 0 Å². The maximum atomic E-state index is 12.7. The highest BCUT2D eigenvalue weighted by atomic mass is 32.1. The van der Waals surface area contributed by atoms with E-state index in [0.29, 0.717) is 18.7 Å². The van der Waals surface area contributed by atoms with Crippen molar-refractivity contribution in [2.45, 2.75) is 0 Å². The first-order chi connectivity index (χ1) is 13.3. The summed E-state index contributed by atoms with van der Waals surface area (Å²) in [5, 5.41) is 3.78. The van der Waals surface area contributed by atoms with E-state index in [0.717, 1.165) is 26.5 Å². The van der Waals surface area contributed by atoms with Gasteiger partial charge in [-0.15, -0.1) is 11.3 Å². The van der Waals surface area contributed by atoms with Gasteiger partial charge in [0, 0.05) is 11.1 Å². The van der Waals surface area contributed by atoms with Gasteiger partial charge in [0.05, 0.1) is 16.8 Å². The van der Waals surface area contributed by atoms with Gasteiger partial charge in [-0.1, -0.05) is 48.5 Å². The zero-order valence-corrected chi connectivity index (χ0v) is 15.4. The van der Waals surface area contributed by atoms with Crippen molar-refractivity contribution in [1.82, 2.24) is 10.3 Å². The van der Waals surface area contributed by atoms with Crippen molar-refractivity contribution in [3.05, 3.63) is 84.4 Å². The molecule has 0 radical (unpaired) electrons. The summed E-state index contributed by atoms with van der Waals surface area (Å²) in [7, 11) is 0. The number of amides is 1. The minimum absolute atomic E-state index is 0.124. The number of carbonyl (C=O) groups is 1. The lowest BCUT2D eigenvalue weighted by molar-refractivity contribution is 0.0947. The molecule has 0 saturated heterocycles. The second-order valence-electron chi connectivity index (χ2n) is 5.95. The van der Waals surface area contributed by atoms with E-state index in [1.54, 1.807) is 11.3 Å². The van der Waals surface area contributed by atoms with Crippen LogP contribution in [-0.4, -0.2) is 24.0 Å². The van der Waals surface area contributed by atoms with Crippen molar-refractivity contribution in [2.24, 2.45) is 0 Å². The fraction of sp³-hybridized carbons (Fsp3) is 0.0909. The molecular weight excluding hydrogens is 356 g/mol. The highest BCUT2D eigenvalue weighted by Gasteiger charge is 2.15. The van der Waals surface area contributed by atoms with Crippen LogP contribution in [0.25, 0.3) is 20.8 Å². The van der Waals surface area contributed by atoms with Crippen LogP contribution in [0.3, 0.4) is 0 Å². The Morgan fingerprint density at radius 2 is 1.67 bits per heavy atom. The van der Waals surface area contributed by atoms with E-state index in [1.165, 1.54) is 0 Å². The summed E-state index contributed by atoms with van der Waals surface area (Å²) >= 11 is 1.59. The lowest BCUT2D eigenvalue weighted by atomic mass is 10.1. The highest BCUT2D eigenvalue weighted by molar-refractivity contribution is 7.21. The molecule has 0 bridgehead atoms. The first kappa shape index (κ1) is 17.2. The fourth-order valence-corrected chi connectivity index (χ4v) is 3.81. The Morgan fingerprint density at radius 1 is 0.926 bits per heavy atom. The maximum absolute atomic E-state index is 12.7. The first-order valence-corrected chi connectivity index (χ1v) is 9.54. The summed E-state index contributed by atoms with van der Waals surface area (Å²) in [4.78, 5) is 17.4. The molecule has 4 nitrogen and oxygen atoms in total. The van der Waals surface area contributed by atoms with Crippen LogP contribution in [0.2, 0.25) is 0 Å². The van der Waals surface area contributed by atoms with E-state index < -0.39 is 0 Å². The number of benzene rings is 3. The lowest BCUT2D eigenvalue weighted by Gasteiger charge is -2.09. The predicted molar refractivity (Wildman–Crippen MR) is 109 cm³/mol. The number of thiazole rings is 1. The standard InChI is InChI=1S/C22H18N2O2S/c25-21(23-14-15-26-16-8-2-1-3-9-16)17-10-4-5-11-18(17)22-24-19-12-6-7-13-20(19)27-22/h1-13H,14-15H2,(H,23,25). The van der Waals surface area contributed by atoms with Crippen molar-refractivity contribution in [3.8, 4) is 16.3 Å². The third kappa shape index (κ3) is 3.99. The lowest BCUT2D eigenvalue weighted by Crippen LogP contribution is -2.28. The molecule has 0 unspecified atom stereocenters. The topological polar surface area (TPSA) is 51.2 Å². The summed E-state index contributed by atoms with van der Waals surface area (Å²) in [5.41, 5.74) is 2.42. The van der Waals surface area contributed by atoms with Crippen molar-refractivity contribution < 1.29 is 9.53 Å². The third-order valence-corrected chi connectivity index (χ3v) is 5.17. The molecule has 1 N–H and O–H groups in total. The van der Waals surface area contributed by atoms with Gasteiger partial charge in [0.2, 0.25) is 0 Å². The van der Waals surface area contributed by atoms with Crippen LogP contribution in [0.15, 0.2) is 78.9 Å². The summed E-state index contributed by atoms with van der Waals surface area (Å²) < 4.78 is 6.73. The largest absolute Gasteiger partial charge is 0.492 e. The second kappa shape index (κ2) is 8.01. The zero-order valence-electron chi connectivity index (χ0n) is 14.6. The van der Waals surface area contributed by atoms with Crippen LogP contribution in [-0.2, 0) is 0 Å². The predicted octanol–water partition coefficient (Wildman–Crippen LogP) is 4.77. The van der Waals surface area contributed by atoms with Crippen molar-refractivity contribution >= 4 is 27.5 Å². The normalized spacial score (nSPS) is 10.7. The molecule has 0 spiro atoms. The van der Waals surface area contributed by atoms with E-state index >= 15 is 0 Å². The Kier molecular flexibility index (Phi) is 5.12. The summed E-state index contributed by atoms with van der Waals surface area (Å²) in [5.74, 6) is 0.670. The van der Waals surface area contributed by atoms with Gasteiger partial charge in [-0.3, -0.25) is 4.79 Å². The highest BCUT2D eigenvalue weighted by Crippen LogP contribution is 2.32. The van der Waals surface area contributed by atoms with Crippen molar-refractivity contribution in [2.75, 3.05) is 13.2 Å². The molecule has 1 heterocycles. The number of hydrogen-bond acceptors (Lipinski definition) is 4. The van der Waals surface area contributed by atoms with Gasteiger partial charge < -0.3 is 10.1 Å². The fourth-order valence-electron chi connectivity index (χ4n) is 2.80. The molecule has 0 fully saturated rings. The maximum Gasteiger partial charge on any atom is 0.252 e. The Labute approximate surface area is 161 Å². The number of rotatable bonds is 6. The molecule has 27 heavy (non-hydrogen) atoms. The number of nitrogens with zero attached hydrogens (tertiary/aromatic N) is 1. The SMILES string of the molecule is O=C(NCCOc1ccccc1)c1ccccc1-c1nc2ccccc2s1. The molecule has 0 aliphatic rings. The summed E-state index contributed by atoms with van der Waals surface area (Å²) in [6, 6.07) is 25.1. The number of nitrogens with one attached hydrogen (secondary N) is 1. The zero-order chi connectivity index (χ0) is 18.5. The number of para-hydroxylation sites is 2. The molecule has 0 aliphatic carbocycles. The average Bonchev–Trinajstić information content (AvgIpc) is 3.16. The van der Waals surface area contributed by atoms with E-state index in [9.17, 15) is 4.79 Å². The molecule has 0 saturated carbocycles. The summed E-state index contributed by atoms with van der Waals surface area (Å²) in [6.07, 6.45) is 0. The number of aromatic nitrogens is 1. The molecule has 0 aliphatic heterocycles. The van der Waals surface area contributed by atoms with Gasteiger partial charge in [0.25, 0.3) is 5.91 Å². The van der Waals surface area contributed by atoms with Gasteiger partial charge in [0.1, 0.15) is 17.4 Å². The van der Waals surface area contributed by atoms with Crippen LogP contribution in [0.4, 0.5) is 0 Å². The molecule has 5 heteroatoms. The molecule has 4 aromatic rings. The average molecular weight is 374 g/mol. The van der Waals surface area contributed by atoms with Crippen LogP contribution < -0.4 is 10.1 Å². The molecular formula is C22H18N2O2S. The van der Waals surface area contributed by atoms with E-state index in [4.69, 9.17) is 4.74 Å². The van der Waals surface area contributed by atoms with Crippen LogP contribution >= 0.6 is 11.3 Å². The summed E-state index contributed by atoms with van der Waals surface area (Å²) in [6.45, 7) is 0.848. The molecule has 1 amide bonds. The van der Waals surface area contributed by atoms with E-state index in [1.807, 2.05) is 78.9 Å². The molecule has 0 atom stereocenters. The van der Waals surface area contributed by atoms with Crippen LogP contribution in [0.1, 0.15) is 10.4 Å². The molecule has 1 aromatic heterocycles.